The molecule has 2 nitrogen and oxygen atoms in total. The van der Waals surface area contributed by atoms with Gasteiger partial charge in [-0.3, -0.25) is 9.36 Å². The third-order valence-electron chi connectivity index (χ3n) is 2.30. The zero-order valence-corrected chi connectivity index (χ0v) is 8.73. The normalized spacial score (nSPS) is 15.0. The van der Waals surface area contributed by atoms with Gasteiger partial charge in [0.2, 0.25) is 0 Å². The van der Waals surface area contributed by atoms with Crippen LogP contribution in [0.1, 0.15) is 36.9 Å². The minimum absolute atomic E-state index is 0.187. The molecule has 0 atom stereocenters. The van der Waals surface area contributed by atoms with Gasteiger partial charge in [0, 0.05) is 11.7 Å². The maximum absolute atomic E-state index is 11.6. The maximum Gasteiger partial charge on any atom is 0.308 e. The zero-order valence-electron chi connectivity index (χ0n) is 7.91. The van der Waals surface area contributed by atoms with Crippen molar-refractivity contribution in [3.05, 3.63) is 26.3 Å². The predicted molar refractivity (Wildman–Crippen MR) is 56.3 cm³/mol. The van der Waals surface area contributed by atoms with Gasteiger partial charge in [-0.1, -0.05) is 17.4 Å². The van der Waals surface area contributed by atoms with Gasteiger partial charge in [0.25, 0.3) is 0 Å². The summed E-state index contributed by atoms with van der Waals surface area (Å²) >= 11 is 1.37. The lowest BCUT2D eigenvalue weighted by Gasteiger charge is -2.13. The van der Waals surface area contributed by atoms with Gasteiger partial charge in [0.1, 0.15) is 0 Å². The van der Waals surface area contributed by atoms with Crippen LogP contribution >= 0.6 is 11.3 Å². The summed E-state index contributed by atoms with van der Waals surface area (Å²) in [5.74, 6) is 0. The maximum atomic E-state index is 11.6. The summed E-state index contributed by atoms with van der Waals surface area (Å²) in [5.41, 5.74) is 1.23. The summed E-state index contributed by atoms with van der Waals surface area (Å²) in [5, 5.41) is 0. The molecule has 0 amide bonds. The van der Waals surface area contributed by atoms with Gasteiger partial charge < -0.3 is 0 Å². The van der Waals surface area contributed by atoms with Crippen LogP contribution in [0.4, 0.5) is 0 Å². The van der Waals surface area contributed by atoms with E-state index in [-0.39, 0.29) is 4.87 Å². The molecule has 0 aromatic carbocycles. The molecular formula is C10H13NOS. The fourth-order valence-electron chi connectivity index (χ4n) is 1.74. The summed E-state index contributed by atoms with van der Waals surface area (Å²) in [4.78, 5) is 12.9. The summed E-state index contributed by atoms with van der Waals surface area (Å²) in [6.07, 6.45) is 6.30. The smallest absolute Gasteiger partial charge is 0.300 e. The highest BCUT2D eigenvalue weighted by Gasteiger charge is 2.16. The van der Waals surface area contributed by atoms with E-state index in [4.69, 9.17) is 0 Å². The second-order valence-corrected chi connectivity index (χ2v) is 4.58. The molecule has 0 aliphatic heterocycles. The predicted octanol–water partition coefficient (Wildman–Crippen LogP) is 2.45. The van der Waals surface area contributed by atoms with E-state index in [0.717, 1.165) is 17.7 Å². The Morgan fingerprint density at radius 2 is 2.31 bits per heavy atom. The first-order chi connectivity index (χ1) is 6.20. The molecule has 13 heavy (non-hydrogen) atoms. The molecule has 0 radical (unpaired) electrons. The van der Waals surface area contributed by atoms with Crippen molar-refractivity contribution in [3.8, 4) is 0 Å². The summed E-state index contributed by atoms with van der Waals surface area (Å²) < 4.78 is 1.92. The molecule has 0 saturated carbocycles. The zero-order chi connectivity index (χ0) is 9.42. The SMILES string of the molecule is CC(C)n1c2c(sc1=O)C=CCC2. The Morgan fingerprint density at radius 1 is 1.54 bits per heavy atom. The Bertz CT molecular complexity index is 398. The number of nitrogens with zero attached hydrogens (tertiary/aromatic N) is 1. The van der Waals surface area contributed by atoms with Crippen LogP contribution in [0.2, 0.25) is 0 Å². The highest BCUT2D eigenvalue weighted by atomic mass is 32.1. The fraction of sp³-hybridized carbons (Fsp3) is 0.500. The Balaban J connectivity index is 2.62. The first-order valence-electron chi connectivity index (χ1n) is 4.61. The van der Waals surface area contributed by atoms with Crippen molar-refractivity contribution in [1.29, 1.82) is 0 Å². The molecule has 70 valence electrons. The van der Waals surface area contributed by atoms with Crippen molar-refractivity contribution in [2.75, 3.05) is 0 Å². The van der Waals surface area contributed by atoms with Crippen molar-refractivity contribution in [1.82, 2.24) is 4.57 Å². The molecule has 0 bridgehead atoms. The number of allylic oxidation sites excluding steroid dienone is 1. The lowest BCUT2D eigenvalue weighted by Crippen LogP contribution is -2.18. The largest absolute Gasteiger partial charge is 0.308 e. The third-order valence-corrected chi connectivity index (χ3v) is 3.27. The van der Waals surface area contributed by atoms with E-state index in [9.17, 15) is 4.79 Å². The molecule has 2 rings (SSSR count). The Kier molecular flexibility index (Phi) is 2.12. The number of aromatic nitrogens is 1. The van der Waals surface area contributed by atoms with Gasteiger partial charge in [0.15, 0.2) is 0 Å². The number of hydrogen-bond acceptors (Lipinski definition) is 2. The van der Waals surface area contributed by atoms with E-state index >= 15 is 0 Å². The van der Waals surface area contributed by atoms with Crippen LogP contribution in [-0.4, -0.2) is 4.57 Å². The monoisotopic (exact) mass is 195 g/mol. The molecule has 0 N–H and O–H groups in total. The Hall–Kier alpha value is -0.830. The number of thiazole rings is 1. The van der Waals surface area contributed by atoms with E-state index in [1.807, 2.05) is 4.57 Å². The number of fused-ring (bicyclic) bond motifs is 1. The third kappa shape index (κ3) is 1.37. The lowest BCUT2D eigenvalue weighted by atomic mass is 10.1. The van der Waals surface area contributed by atoms with E-state index < -0.39 is 0 Å². The molecule has 0 unspecified atom stereocenters. The van der Waals surface area contributed by atoms with Crippen molar-refractivity contribution < 1.29 is 0 Å². The lowest BCUT2D eigenvalue weighted by molar-refractivity contribution is 0.561. The molecule has 0 spiro atoms. The molecule has 1 aliphatic carbocycles. The van der Waals surface area contributed by atoms with Gasteiger partial charge in [-0.05, 0) is 32.8 Å². The molecule has 1 heterocycles. The number of rotatable bonds is 1. The van der Waals surface area contributed by atoms with Crippen molar-refractivity contribution in [3.63, 3.8) is 0 Å². The molecule has 0 fully saturated rings. The van der Waals surface area contributed by atoms with Crippen LogP contribution in [-0.2, 0) is 6.42 Å². The van der Waals surface area contributed by atoms with Gasteiger partial charge in [-0.2, -0.15) is 0 Å². The molecule has 1 aromatic rings. The summed E-state index contributed by atoms with van der Waals surface area (Å²) in [6, 6.07) is 0.291. The second kappa shape index (κ2) is 3.14. The highest BCUT2D eigenvalue weighted by molar-refractivity contribution is 7.10. The van der Waals surface area contributed by atoms with Gasteiger partial charge >= 0.3 is 4.87 Å². The average Bonchev–Trinajstić information content (AvgIpc) is 2.39. The van der Waals surface area contributed by atoms with Crippen LogP contribution in [0, 0.1) is 0 Å². The van der Waals surface area contributed by atoms with E-state index in [0.29, 0.717) is 6.04 Å². The Labute approximate surface area is 81.5 Å². The first-order valence-corrected chi connectivity index (χ1v) is 5.42. The molecule has 0 saturated heterocycles. The van der Waals surface area contributed by atoms with Crippen LogP contribution in [0.25, 0.3) is 6.08 Å². The van der Waals surface area contributed by atoms with Crippen molar-refractivity contribution in [2.24, 2.45) is 0 Å². The van der Waals surface area contributed by atoms with Gasteiger partial charge in [-0.15, -0.1) is 0 Å². The second-order valence-electron chi connectivity index (χ2n) is 3.58. The minimum Gasteiger partial charge on any atom is -0.300 e. The van der Waals surface area contributed by atoms with Crippen molar-refractivity contribution >= 4 is 17.4 Å². The molecule has 1 aliphatic rings. The standard InChI is InChI=1S/C10H13NOS/c1-7(2)11-8-5-3-4-6-9(8)13-10(11)12/h4,6-7H,3,5H2,1-2H3. The average molecular weight is 195 g/mol. The number of hydrogen-bond donors (Lipinski definition) is 0. The minimum atomic E-state index is 0.187. The van der Waals surface area contributed by atoms with E-state index in [1.165, 1.54) is 17.0 Å². The summed E-state index contributed by atoms with van der Waals surface area (Å²) in [7, 11) is 0. The summed E-state index contributed by atoms with van der Waals surface area (Å²) in [6.45, 7) is 4.12. The van der Waals surface area contributed by atoms with Gasteiger partial charge in [-0.25, -0.2) is 0 Å². The van der Waals surface area contributed by atoms with Crippen LogP contribution in [0.15, 0.2) is 10.9 Å². The fourth-order valence-corrected chi connectivity index (χ4v) is 2.83. The van der Waals surface area contributed by atoms with Crippen LogP contribution in [0.3, 0.4) is 0 Å². The van der Waals surface area contributed by atoms with Crippen LogP contribution in [0.5, 0.6) is 0 Å². The topological polar surface area (TPSA) is 22.0 Å². The highest BCUT2D eigenvalue weighted by Crippen LogP contribution is 2.23. The van der Waals surface area contributed by atoms with E-state index in [2.05, 4.69) is 26.0 Å². The van der Waals surface area contributed by atoms with Crippen LogP contribution < -0.4 is 4.87 Å². The molecule has 1 aromatic heterocycles. The van der Waals surface area contributed by atoms with E-state index in [1.54, 1.807) is 0 Å². The quantitative estimate of drug-likeness (QED) is 0.674. The Morgan fingerprint density at radius 3 is 3.00 bits per heavy atom. The molecular weight excluding hydrogens is 182 g/mol. The van der Waals surface area contributed by atoms with Gasteiger partial charge in [0.05, 0.1) is 4.88 Å². The first kappa shape index (κ1) is 8.75. The van der Waals surface area contributed by atoms with Crippen molar-refractivity contribution in [2.45, 2.75) is 32.7 Å². The molecule has 3 heteroatoms.